The fourth-order valence-corrected chi connectivity index (χ4v) is 2.29. The smallest absolute Gasteiger partial charge is 0.0256 e. The SMILES string of the molecule is C=CCc1cc(Br)c2cccccc1-2. The number of fused-ring (bicyclic) bond motifs is 1. The van der Waals surface area contributed by atoms with Crippen LogP contribution in [0.1, 0.15) is 5.56 Å². The molecule has 0 spiro atoms. The van der Waals surface area contributed by atoms with Crippen LogP contribution in [0.3, 0.4) is 0 Å². The maximum Gasteiger partial charge on any atom is 0.0256 e. The van der Waals surface area contributed by atoms with Crippen LogP contribution in [0.15, 0.2) is 53.5 Å². The summed E-state index contributed by atoms with van der Waals surface area (Å²) < 4.78 is 1.17. The van der Waals surface area contributed by atoms with Gasteiger partial charge in [-0.25, -0.2) is 0 Å². The van der Waals surface area contributed by atoms with Gasteiger partial charge in [-0.15, -0.1) is 6.58 Å². The highest BCUT2D eigenvalue weighted by molar-refractivity contribution is 9.10. The van der Waals surface area contributed by atoms with Crippen molar-refractivity contribution >= 4 is 15.9 Å². The molecule has 2 aliphatic rings. The van der Waals surface area contributed by atoms with Gasteiger partial charge < -0.3 is 0 Å². The Kier molecular flexibility index (Phi) is 2.69. The molecule has 14 heavy (non-hydrogen) atoms. The number of allylic oxidation sites excluding steroid dienone is 1. The van der Waals surface area contributed by atoms with Crippen LogP contribution in [0.5, 0.6) is 0 Å². The Morgan fingerprint density at radius 3 is 2.57 bits per heavy atom. The maximum absolute atomic E-state index is 3.77. The maximum atomic E-state index is 3.77. The Morgan fingerprint density at radius 2 is 1.86 bits per heavy atom. The van der Waals surface area contributed by atoms with E-state index in [0.717, 1.165) is 6.42 Å². The van der Waals surface area contributed by atoms with Crippen LogP contribution >= 0.6 is 15.9 Å². The van der Waals surface area contributed by atoms with Crippen LogP contribution in [0.2, 0.25) is 0 Å². The van der Waals surface area contributed by atoms with Crippen LogP contribution in [-0.2, 0) is 6.42 Å². The Morgan fingerprint density at radius 1 is 1.14 bits per heavy atom. The van der Waals surface area contributed by atoms with E-state index < -0.39 is 0 Å². The second-order valence-electron chi connectivity index (χ2n) is 3.25. The Labute approximate surface area is 92.7 Å². The zero-order valence-electron chi connectivity index (χ0n) is 7.83. The van der Waals surface area contributed by atoms with Gasteiger partial charge in [-0.3, -0.25) is 0 Å². The van der Waals surface area contributed by atoms with Crippen molar-refractivity contribution in [1.29, 1.82) is 0 Å². The fraction of sp³-hybridized carbons (Fsp3) is 0.0769. The quantitative estimate of drug-likeness (QED) is 0.694. The van der Waals surface area contributed by atoms with E-state index in [0.29, 0.717) is 0 Å². The predicted octanol–water partition coefficient (Wildman–Crippen LogP) is 4.28. The van der Waals surface area contributed by atoms with Gasteiger partial charge in [0.05, 0.1) is 0 Å². The van der Waals surface area contributed by atoms with Gasteiger partial charge in [-0.1, -0.05) is 52.3 Å². The van der Waals surface area contributed by atoms with Crippen LogP contribution in [-0.4, -0.2) is 0 Å². The van der Waals surface area contributed by atoms with Crippen molar-refractivity contribution in [3.63, 3.8) is 0 Å². The number of hydrogen-bond acceptors (Lipinski definition) is 0. The Balaban J connectivity index is 2.63. The molecule has 0 atom stereocenters. The molecule has 0 unspecified atom stereocenters. The molecule has 0 aromatic rings. The molecule has 0 heterocycles. The minimum Gasteiger partial charge on any atom is -0.103 e. The molecular weight excluding hydrogens is 236 g/mol. The second-order valence-corrected chi connectivity index (χ2v) is 4.10. The summed E-state index contributed by atoms with van der Waals surface area (Å²) in [7, 11) is 0. The van der Waals surface area contributed by atoms with E-state index in [1.165, 1.54) is 21.2 Å². The molecular formula is C13H11Br. The van der Waals surface area contributed by atoms with E-state index in [9.17, 15) is 0 Å². The molecule has 0 amide bonds. The number of hydrogen-bond donors (Lipinski definition) is 0. The van der Waals surface area contributed by atoms with Gasteiger partial charge in [0.2, 0.25) is 0 Å². The lowest BCUT2D eigenvalue weighted by atomic mass is 10.1. The van der Waals surface area contributed by atoms with Crippen molar-refractivity contribution in [3.05, 3.63) is 59.1 Å². The molecule has 0 fully saturated rings. The summed E-state index contributed by atoms with van der Waals surface area (Å²) >= 11 is 3.57. The van der Waals surface area contributed by atoms with Gasteiger partial charge in [0.1, 0.15) is 0 Å². The largest absolute Gasteiger partial charge is 0.103 e. The van der Waals surface area contributed by atoms with E-state index in [1.807, 2.05) is 12.1 Å². The van der Waals surface area contributed by atoms with Crippen molar-refractivity contribution < 1.29 is 0 Å². The summed E-state index contributed by atoms with van der Waals surface area (Å²) in [4.78, 5) is 0. The van der Waals surface area contributed by atoms with Gasteiger partial charge in [0, 0.05) is 4.47 Å². The predicted molar refractivity (Wildman–Crippen MR) is 64.7 cm³/mol. The lowest BCUT2D eigenvalue weighted by molar-refractivity contribution is 1.31. The van der Waals surface area contributed by atoms with E-state index >= 15 is 0 Å². The lowest BCUT2D eigenvalue weighted by Gasteiger charge is -1.96. The van der Waals surface area contributed by atoms with E-state index in [1.54, 1.807) is 0 Å². The topological polar surface area (TPSA) is 0 Å². The molecule has 0 aliphatic heterocycles. The summed E-state index contributed by atoms with van der Waals surface area (Å²) in [6.45, 7) is 3.77. The van der Waals surface area contributed by atoms with E-state index in [4.69, 9.17) is 0 Å². The molecule has 0 saturated heterocycles. The number of rotatable bonds is 2. The lowest BCUT2D eigenvalue weighted by Crippen LogP contribution is -1.77. The highest BCUT2D eigenvalue weighted by atomic mass is 79.9. The van der Waals surface area contributed by atoms with Gasteiger partial charge in [0.15, 0.2) is 0 Å². The van der Waals surface area contributed by atoms with Gasteiger partial charge in [0.25, 0.3) is 0 Å². The third-order valence-electron chi connectivity index (χ3n) is 2.31. The monoisotopic (exact) mass is 246 g/mol. The standard InChI is InChI=1S/C13H11Br/c1-2-6-10-9-13(14)12-8-5-3-4-7-11(10)12/h2-5,7-9H,1,6H2. The first kappa shape index (κ1) is 9.47. The average molecular weight is 247 g/mol. The van der Waals surface area contributed by atoms with Gasteiger partial charge in [-0.2, -0.15) is 0 Å². The van der Waals surface area contributed by atoms with Crippen molar-refractivity contribution in [1.82, 2.24) is 0 Å². The Hall–Kier alpha value is -1.08. The molecule has 1 heteroatoms. The zero-order valence-corrected chi connectivity index (χ0v) is 9.42. The minimum absolute atomic E-state index is 0.923. The molecule has 0 bridgehead atoms. The molecule has 0 saturated carbocycles. The van der Waals surface area contributed by atoms with Crippen LogP contribution in [0, 0.1) is 0 Å². The summed E-state index contributed by atoms with van der Waals surface area (Å²) in [5.41, 5.74) is 3.91. The molecule has 2 aliphatic carbocycles. The highest BCUT2D eigenvalue weighted by Crippen LogP contribution is 2.35. The van der Waals surface area contributed by atoms with Crippen LogP contribution in [0.4, 0.5) is 0 Å². The summed E-state index contributed by atoms with van der Waals surface area (Å²) in [5, 5.41) is 0. The van der Waals surface area contributed by atoms with E-state index in [-0.39, 0.29) is 0 Å². The summed E-state index contributed by atoms with van der Waals surface area (Å²) in [5.74, 6) is 0. The first-order valence-electron chi connectivity index (χ1n) is 4.60. The molecule has 0 N–H and O–H groups in total. The van der Waals surface area contributed by atoms with Crippen molar-refractivity contribution in [2.45, 2.75) is 6.42 Å². The first-order valence-corrected chi connectivity index (χ1v) is 5.39. The first-order chi connectivity index (χ1) is 6.83. The summed E-state index contributed by atoms with van der Waals surface area (Å²) in [6, 6.07) is 12.6. The third-order valence-corrected chi connectivity index (χ3v) is 2.96. The molecule has 0 aromatic heterocycles. The molecule has 0 aromatic carbocycles. The zero-order chi connectivity index (χ0) is 9.97. The van der Waals surface area contributed by atoms with Crippen molar-refractivity contribution in [2.75, 3.05) is 0 Å². The van der Waals surface area contributed by atoms with Gasteiger partial charge in [-0.05, 0) is 29.2 Å². The highest BCUT2D eigenvalue weighted by Gasteiger charge is 2.10. The van der Waals surface area contributed by atoms with Crippen LogP contribution in [0.25, 0.3) is 11.1 Å². The third kappa shape index (κ3) is 1.60. The molecule has 70 valence electrons. The molecule has 0 radical (unpaired) electrons. The van der Waals surface area contributed by atoms with Crippen molar-refractivity contribution in [3.8, 4) is 11.1 Å². The van der Waals surface area contributed by atoms with Crippen molar-refractivity contribution in [2.24, 2.45) is 0 Å². The molecule has 2 rings (SSSR count). The Bertz CT molecular complexity index is 432. The average Bonchev–Trinajstić information content (AvgIpc) is 2.41. The van der Waals surface area contributed by atoms with Gasteiger partial charge >= 0.3 is 0 Å². The summed E-state index contributed by atoms with van der Waals surface area (Å²) in [6.07, 6.45) is 2.86. The second kappa shape index (κ2) is 3.97. The minimum atomic E-state index is 0.923. The van der Waals surface area contributed by atoms with Crippen LogP contribution < -0.4 is 0 Å². The fourth-order valence-electron chi connectivity index (χ4n) is 1.67. The molecule has 0 nitrogen and oxygen atoms in total. The normalized spacial score (nSPS) is 10.4. The number of halogens is 1. The van der Waals surface area contributed by atoms with E-state index in [2.05, 4.69) is 52.8 Å².